The van der Waals surface area contributed by atoms with Crippen molar-refractivity contribution in [2.24, 2.45) is 0 Å². The molecule has 5 heteroatoms. The summed E-state index contributed by atoms with van der Waals surface area (Å²) in [7, 11) is 0. The van der Waals surface area contributed by atoms with Crippen molar-refractivity contribution in [2.45, 2.75) is 39.0 Å². The van der Waals surface area contributed by atoms with Gasteiger partial charge in [-0.25, -0.2) is 4.98 Å². The SMILES string of the molecule is CCc1c(C(=O)N2CCC(c3ncc[nH]3)CC2)csc1C. The number of aromatic amines is 1. The molecule has 21 heavy (non-hydrogen) atoms. The van der Waals surface area contributed by atoms with Crippen molar-refractivity contribution in [1.82, 2.24) is 14.9 Å². The molecule has 1 N–H and O–H groups in total. The van der Waals surface area contributed by atoms with Gasteiger partial charge >= 0.3 is 0 Å². The van der Waals surface area contributed by atoms with Crippen LogP contribution in [0, 0.1) is 6.92 Å². The second-order valence-electron chi connectivity index (χ2n) is 5.58. The number of piperidine rings is 1. The second-order valence-corrected chi connectivity index (χ2v) is 6.66. The number of hydrogen-bond acceptors (Lipinski definition) is 3. The molecule has 1 aliphatic heterocycles. The normalized spacial score (nSPS) is 16.4. The van der Waals surface area contributed by atoms with Crippen LogP contribution in [-0.4, -0.2) is 33.9 Å². The highest BCUT2D eigenvalue weighted by Gasteiger charge is 2.27. The maximum absolute atomic E-state index is 12.7. The molecule has 1 aliphatic rings. The van der Waals surface area contributed by atoms with Gasteiger partial charge in [-0.1, -0.05) is 6.92 Å². The first-order valence-corrected chi connectivity index (χ1v) is 8.44. The molecule has 0 unspecified atom stereocenters. The van der Waals surface area contributed by atoms with Crippen LogP contribution >= 0.6 is 11.3 Å². The van der Waals surface area contributed by atoms with Gasteiger partial charge in [-0.05, 0) is 31.7 Å². The fourth-order valence-corrected chi connectivity index (χ4v) is 4.06. The van der Waals surface area contributed by atoms with Crippen molar-refractivity contribution in [3.8, 4) is 0 Å². The van der Waals surface area contributed by atoms with Gasteiger partial charge in [-0.2, -0.15) is 0 Å². The molecule has 0 spiro atoms. The summed E-state index contributed by atoms with van der Waals surface area (Å²) >= 11 is 1.68. The highest BCUT2D eigenvalue weighted by Crippen LogP contribution is 2.28. The number of hydrogen-bond donors (Lipinski definition) is 1. The summed E-state index contributed by atoms with van der Waals surface area (Å²) in [6, 6.07) is 0. The third kappa shape index (κ3) is 2.75. The van der Waals surface area contributed by atoms with Gasteiger partial charge in [0, 0.05) is 41.7 Å². The van der Waals surface area contributed by atoms with Crippen LogP contribution in [0.25, 0.3) is 0 Å². The fourth-order valence-electron chi connectivity index (χ4n) is 3.13. The van der Waals surface area contributed by atoms with Crippen LogP contribution in [0.4, 0.5) is 0 Å². The quantitative estimate of drug-likeness (QED) is 0.945. The van der Waals surface area contributed by atoms with Crippen LogP contribution in [-0.2, 0) is 6.42 Å². The standard InChI is InChI=1S/C16H21N3OS/c1-3-13-11(2)21-10-14(13)16(20)19-8-4-12(5-9-19)15-17-6-7-18-15/h6-7,10,12H,3-5,8-9H2,1-2H3,(H,17,18). The number of carbonyl (C=O) groups excluding carboxylic acids is 1. The van der Waals surface area contributed by atoms with Gasteiger partial charge in [0.15, 0.2) is 0 Å². The topological polar surface area (TPSA) is 49.0 Å². The van der Waals surface area contributed by atoms with E-state index in [-0.39, 0.29) is 5.91 Å². The minimum atomic E-state index is 0.203. The Kier molecular flexibility index (Phi) is 4.10. The zero-order valence-electron chi connectivity index (χ0n) is 12.6. The predicted octanol–water partition coefficient (Wildman–Crippen LogP) is 3.36. The molecule has 3 rings (SSSR count). The first kappa shape index (κ1) is 14.3. The molecule has 0 aromatic carbocycles. The average molecular weight is 303 g/mol. The third-order valence-electron chi connectivity index (χ3n) is 4.38. The number of aromatic nitrogens is 2. The molecular formula is C16H21N3OS. The largest absolute Gasteiger partial charge is 0.348 e. The monoisotopic (exact) mass is 303 g/mol. The van der Waals surface area contributed by atoms with Crippen molar-refractivity contribution in [2.75, 3.05) is 13.1 Å². The lowest BCUT2D eigenvalue weighted by Gasteiger charge is -2.31. The Morgan fingerprint density at radius 3 is 2.86 bits per heavy atom. The van der Waals surface area contributed by atoms with E-state index in [0.717, 1.165) is 43.7 Å². The molecule has 112 valence electrons. The molecule has 3 heterocycles. The average Bonchev–Trinajstić information content (AvgIpc) is 3.16. The van der Waals surface area contributed by atoms with Crippen LogP contribution in [0.1, 0.15) is 52.3 Å². The van der Waals surface area contributed by atoms with E-state index in [0.29, 0.717) is 5.92 Å². The van der Waals surface area contributed by atoms with Gasteiger partial charge in [0.05, 0.1) is 5.56 Å². The van der Waals surface area contributed by atoms with Gasteiger partial charge < -0.3 is 9.88 Å². The number of nitrogens with one attached hydrogen (secondary N) is 1. The van der Waals surface area contributed by atoms with Crippen molar-refractivity contribution >= 4 is 17.2 Å². The first-order chi connectivity index (χ1) is 10.2. The Morgan fingerprint density at radius 2 is 2.24 bits per heavy atom. The van der Waals surface area contributed by atoms with E-state index in [1.54, 1.807) is 17.5 Å². The van der Waals surface area contributed by atoms with Gasteiger partial charge in [-0.3, -0.25) is 4.79 Å². The lowest BCUT2D eigenvalue weighted by molar-refractivity contribution is 0.0710. The van der Waals surface area contributed by atoms with Crippen molar-refractivity contribution < 1.29 is 4.79 Å². The van der Waals surface area contributed by atoms with Crippen molar-refractivity contribution in [1.29, 1.82) is 0 Å². The Hall–Kier alpha value is -1.62. The Bertz CT molecular complexity index is 610. The molecule has 1 amide bonds. The van der Waals surface area contributed by atoms with E-state index in [2.05, 4.69) is 23.8 Å². The van der Waals surface area contributed by atoms with Crippen LogP contribution in [0.2, 0.25) is 0 Å². The number of amides is 1. The number of rotatable bonds is 3. The number of nitrogens with zero attached hydrogens (tertiary/aromatic N) is 2. The molecule has 0 radical (unpaired) electrons. The lowest BCUT2D eigenvalue weighted by atomic mass is 9.95. The van der Waals surface area contributed by atoms with Crippen LogP contribution < -0.4 is 0 Å². The number of aryl methyl sites for hydroxylation is 1. The van der Waals surface area contributed by atoms with E-state index < -0.39 is 0 Å². The number of imidazole rings is 1. The number of thiophene rings is 1. The van der Waals surface area contributed by atoms with E-state index in [1.165, 1.54) is 10.4 Å². The zero-order chi connectivity index (χ0) is 14.8. The van der Waals surface area contributed by atoms with Crippen LogP contribution in [0.15, 0.2) is 17.8 Å². The summed E-state index contributed by atoms with van der Waals surface area (Å²) in [5.74, 6) is 1.72. The smallest absolute Gasteiger partial charge is 0.254 e. The Balaban J connectivity index is 1.67. The molecular weight excluding hydrogens is 282 g/mol. The molecule has 0 bridgehead atoms. The molecule has 4 nitrogen and oxygen atoms in total. The van der Waals surface area contributed by atoms with Crippen molar-refractivity contribution in [3.63, 3.8) is 0 Å². The molecule has 1 saturated heterocycles. The summed E-state index contributed by atoms with van der Waals surface area (Å²) in [6.07, 6.45) is 6.58. The number of carbonyl (C=O) groups is 1. The number of likely N-dealkylation sites (tertiary alicyclic amines) is 1. The summed E-state index contributed by atoms with van der Waals surface area (Å²) in [5, 5.41) is 2.02. The maximum Gasteiger partial charge on any atom is 0.254 e. The predicted molar refractivity (Wildman–Crippen MR) is 84.9 cm³/mol. The first-order valence-electron chi connectivity index (χ1n) is 7.56. The van der Waals surface area contributed by atoms with Gasteiger partial charge in [0.2, 0.25) is 0 Å². The third-order valence-corrected chi connectivity index (χ3v) is 5.33. The molecule has 1 fully saturated rings. The van der Waals surface area contributed by atoms with E-state index in [9.17, 15) is 4.79 Å². The number of H-pyrrole nitrogens is 1. The van der Waals surface area contributed by atoms with E-state index in [1.807, 2.05) is 16.5 Å². The van der Waals surface area contributed by atoms with Crippen LogP contribution in [0.3, 0.4) is 0 Å². The van der Waals surface area contributed by atoms with Gasteiger partial charge in [-0.15, -0.1) is 11.3 Å². The Morgan fingerprint density at radius 1 is 1.48 bits per heavy atom. The minimum absolute atomic E-state index is 0.203. The highest BCUT2D eigenvalue weighted by atomic mass is 32.1. The van der Waals surface area contributed by atoms with Gasteiger partial charge in [0.25, 0.3) is 5.91 Å². The molecule has 0 saturated carbocycles. The molecule has 2 aromatic heterocycles. The van der Waals surface area contributed by atoms with E-state index >= 15 is 0 Å². The summed E-state index contributed by atoms with van der Waals surface area (Å²) in [4.78, 5) is 23.5. The van der Waals surface area contributed by atoms with E-state index in [4.69, 9.17) is 0 Å². The lowest BCUT2D eigenvalue weighted by Crippen LogP contribution is -2.38. The second kappa shape index (κ2) is 6.02. The minimum Gasteiger partial charge on any atom is -0.348 e. The summed E-state index contributed by atoms with van der Waals surface area (Å²) in [6.45, 7) is 5.86. The fraction of sp³-hybridized carbons (Fsp3) is 0.500. The Labute approximate surface area is 129 Å². The van der Waals surface area contributed by atoms with Crippen molar-refractivity contribution in [3.05, 3.63) is 39.6 Å². The summed E-state index contributed by atoms with van der Waals surface area (Å²) in [5.41, 5.74) is 2.13. The highest BCUT2D eigenvalue weighted by molar-refractivity contribution is 7.10. The van der Waals surface area contributed by atoms with Gasteiger partial charge in [0.1, 0.15) is 5.82 Å². The molecule has 0 atom stereocenters. The van der Waals surface area contributed by atoms with Crippen LogP contribution in [0.5, 0.6) is 0 Å². The maximum atomic E-state index is 12.7. The summed E-state index contributed by atoms with van der Waals surface area (Å²) < 4.78 is 0. The molecule has 2 aromatic rings. The zero-order valence-corrected chi connectivity index (χ0v) is 13.4. The molecule has 0 aliphatic carbocycles.